The van der Waals surface area contributed by atoms with Crippen LogP contribution in [0.3, 0.4) is 0 Å². The van der Waals surface area contributed by atoms with Crippen molar-refractivity contribution in [3.05, 3.63) is 34.9 Å². The highest BCUT2D eigenvalue weighted by Gasteiger charge is 2.36. The molecule has 0 bridgehead atoms. The third-order valence-corrected chi connectivity index (χ3v) is 4.49. The summed E-state index contributed by atoms with van der Waals surface area (Å²) >= 11 is 5.94. The normalized spacial score (nSPS) is 20.6. The van der Waals surface area contributed by atoms with Crippen molar-refractivity contribution >= 4 is 17.5 Å². The van der Waals surface area contributed by atoms with Crippen molar-refractivity contribution in [3.8, 4) is 0 Å². The largest absolute Gasteiger partial charge is 0.341 e. The quantitative estimate of drug-likeness (QED) is 0.929. The van der Waals surface area contributed by atoms with Gasteiger partial charge < -0.3 is 10.2 Å². The van der Waals surface area contributed by atoms with Crippen LogP contribution in [0.15, 0.2) is 24.3 Å². The Morgan fingerprint density at radius 1 is 1.33 bits per heavy atom. The van der Waals surface area contributed by atoms with Crippen molar-refractivity contribution < 1.29 is 4.79 Å². The number of benzene rings is 1. The zero-order valence-corrected chi connectivity index (χ0v) is 14.1. The fourth-order valence-electron chi connectivity index (χ4n) is 3.08. The molecule has 1 aromatic carbocycles. The summed E-state index contributed by atoms with van der Waals surface area (Å²) < 4.78 is 0. The summed E-state index contributed by atoms with van der Waals surface area (Å²) in [6.07, 6.45) is 1.02. The van der Waals surface area contributed by atoms with Gasteiger partial charge in [-0.3, -0.25) is 4.79 Å². The lowest BCUT2D eigenvalue weighted by Crippen LogP contribution is -2.51. The van der Waals surface area contributed by atoms with Crippen LogP contribution in [0.5, 0.6) is 0 Å². The second-order valence-corrected chi connectivity index (χ2v) is 7.35. The Morgan fingerprint density at radius 3 is 2.48 bits per heavy atom. The van der Waals surface area contributed by atoms with Gasteiger partial charge in [-0.1, -0.05) is 44.5 Å². The van der Waals surface area contributed by atoms with Crippen LogP contribution in [0, 0.1) is 5.41 Å². The van der Waals surface area contributed by atoms with Crippen LogP contribution in [0.25, 0.3) is 0 Å². The van der Waals surface area contributed by atoms with Gasteiger partial charge in [0.15, 0.2) is 0 Å². The first-order valence-corrected chi connectivity index (χ1v) is 7.92. The number of nitrogens with zero attached hydrogens (tertiary/aromatic N) is 1. The maximum Gasteiger partial charge on any atom is 0.240 e. The van der Waals surface area contributed by atoms with Gasteiger partial charge in [-0.15, -0.1) is 0 Å². The van der Waals surface area contributed by atoms with Gasteiger partial charge in [0, 0.05) is 24.0 Å². The van der Waals surface area contributed by atoms with Crippen LogP contribution < -0.4 is 5.32 Å². The third-order valence-electron chi connectivity index (χ3n) is 4.24. The van der Waals surface area contributed by atoms with E-state index in [0.29, 0.717) is 5.92 Å². The van der Waals surface area contributed by atoms with E-state index in [1.165, 1.54) is 5.56 Å². The fourth-order valence-corrected chi connectivity index (χ4v) is 3.20. The molecule has 0 aromatic heterocycles. The number of carbonyl (C=O) groups is 1. The average molecular weight is 309 g/mol. The summed E-state index contributed by atoms with van der Waals surface area (Å²) in [6.45, 7) is 7.92. The van der Waals surface area contributed by atoms with Gasteiger partial charge >= 0.3 is 0 Å². The van der Waals surface area contributed by atoms with Gasteiger partial charge in [0.2, 0.25) is 5.91 Å². The van der Waals surface area contributed by atoms with E-state index in [1.54, 1.807) is 0 Å². The van der Waals surface area contributed by atoms with Crippen LogP contribution in [0.4, 0.5) is 0 Å². The maximum absolute atomic E-state index is 12.7. The predicted octanol–water partition coefficient (Wildman–Crippen LogP) is 3.29. The summed E-state index contributed by atoms with van der Waals surface area (Å²) in [6, 6.07) is 7.85. The monoisotopic (exact) mass is 308 g/mol. The molecule has 0 radical (unpaired) electrons. The molecular weight excluding hydrogens is 284 g/mol. The van der Waals surface area contributed by atoms with E-state index in [9.17, 15) is 4.79 Å². The Labute approximate surface area is 132 Å². The number of halogens is 1. The van der Waals surface area contributed by atoms with E-state index in [2.05, 4.69) is 38.2 Å². The Kier molecular flexibility index (Phi) is 4.95. The van der Waals surface area contributed by atoms with Gasteiger partial charge in [0.1, 0.15) is 0 Å². The third kappa shape index (κ3) is 3.78. The molecule has 1 aliphatic rings. The number of hydrogen-bond acceptors (Lipinski definition) is 2. The summed E-state index contributed by atoms with van der Waals surface area (Å²) in [5.74, 6) is 0.630. The molecule has 2 rings (SSSR count). The fraction of sp³-hybridized carbons (Fsp3) is 0.588. The number of hydrogen-bond donors (Lipinski definition) is 1. The Morgan fingerprint density at radius 2 is 1.95 bits per heavy atom. The highest BCUT2D eigenvalue weighted by Crippen LogP contribution is 2.30. The molecule has 1 amide bonds. The van der Waals surface area contributed by atoms with Gasteiger partial charge in [0.25, 0.3) is 0 Å². The lowest BCUT2D eigenvalue weighted by Gasteiger charge is -2.32. The first kappa shape index (κ1) is 16.3. The van der Waals surface area contributed by atoms with Gasteiger partial charge in [0.05, 0.1) is 6.04 Å². The van der Waals surface area contributed by atoms with Gasteiger partial charge in [-0.2, -0.15) is 0 Å². The molecule has 21 heavy (non-hydrogen) atoms. The molecule has 1 aromatic rings. The number of amides is 1. The zero-order chi connectivity index (χ0) is 15.6. The van der Waals surface area contributed by atoms with E-state index < -0.39 is 0 Å². The summed E-state index contributed by atoms with van der Waals surface area (Å²) in [5, 5.41) is 3.93. The van der Waals surface area contributed by atoms with Crippen molar-refractivity contribution in [2.75, 3.05) is 20.1 Å². The molecule has 4 heteroatoms. The second-order valence-electron chi connectivity index (χ2n) is 6.91. The number of nitrogens with one attached hydrogen (secondary N) is 1. The molecule has 1 aliphatic heterocycles. The lowest BCUT2D eigenvalue weighted by atomic mass is 9.86. The molecule has 3 nitrogen and oxygen atoms in total. The Balaban J connectivity index is 2.05. The topological polar surface area (TPSA) is 32.3 Å². The van der Waals surface area contributed by atoms with Crippen LogP contribution in [-0.4, -0.2) is 37.0 Å². The van der Waals surface area contributed by atoms with Crippen molar-refractivity contribution in [1.82, 2.24) is 10.2 Å². The van der Waals surface area contributed by atoms with E-state index in [4.69, 9.17) is 11.6 Å². The van der Waals surface area contributed by atoms with E-state index >= 15 is 0 Å². The molecule has 1 heterocycles. The van der Waals surface area contributed by atoms with Crippen LogP contribution in [0.2, 0.25) is 5.02 Å². The molecule has 116 valence electrons. The first-order chi connectivity index (χ1) is 9.82. The molecule has 0 spiro atoms. The van der Waals surface area contributed by atoms with E-state index in [-0.39, 0.29) is 17.4 Å². The Hall–Kier alpha value is -1.06. The molecule has 2 unspecified atom stereocenters. The van der Waals surface area contributed by atoms with Crippen LogP contribution >= 0.6 is 11.6 Å². The highest BCUT2D eigenvalue weighted by atomic mass is 35.5. The minimum atomic E-state index is -0.138. The molecule has 1 fully saturated rings. The summed E-state index contributed by atoms with van der Waals surface area (Å²) in [5.41, 5.74) is 1.19. The molecule has 0 saturated carbocycles. The lowest BCUT2D eigenvalue weighted by molar-refractivity contribution is -0.134. The Bertz CT molecular complexity index is 493. The van der Waals surface area contributed by atoms with Crippen molar-refractivity contribution in [3.63, 3.8) is 0 Å². The summed E-state index contributed by atoms with van der Waals surface area (Å²) in [4.78, 5) is 14.7. The summed E-state index contributed by atoms with van der Waals surface area (Å²) in [7, 11) is 1.86. The van der Waals surface area contributed by atoms with Crippen LogP contribution in [0.1, 0.15) is 38.7 Å². The number of likely N-dealkylation sites (tertiary alicyclic amines) is 1. The van der Waals surface area contributed by atoms with Crippen molar-refractivity contribution in [2.24, 2.45) is 5.41 Å². The van der Waals surface area contributed by atoms with E-state index in [0.717, 1.165) is 24.5 Å². The molecule has 1 saturated heterocycles. The van der Waals surface area contributed by atoms with Gasteiger partial charge in [-0.25, -0.2) is 0 Å². The average Bonchev–Trinajstić information content (AvgIpc) is 2.88. The van der Waals surface area contributed by atoms with Crippen LogP contribution in [-0.2, 0) is 4.79 Å². The molecule has 0 aliphatic carbocycles. The SMILES string of the molecule is CNC(C(=O)N1CCC(c2ccc(Cl)cc2)C1)C(C)(C)C. The minimum Gasteiger partial charge on any atom is -0.341 e. The highest BCUT2D eigenvalue weighted by molar-refractivity contribution is 6.30. The maximum atomic E-state index is 12.7. The number of carbonyl (C=O) groups excluding carboxylic acids is 1. The van der Waals surface area contributed by atoms with Crippen molar-refractivity contribution in [1.29, 1.82) is 0 Å². The standard InChI is InChI=1S/C17H25ClN2O/c1-17(2,3)15(19-4)16(21)20-10-9-13(11-20)12-5-7-14(18)8-6-12/h5-8,13,15,19H,9-11H2,1-4H3. The van der Waals surface area contributed by atoms with Crippen molar-refractivity contribution in [2.45, 2.75) is 39.2 Å². The zero-order valence-electron chi connectivity index (χ0n) is 13.3. The van der Waals surface area contributed by atoms with Gasteiger partial charge in [-0.05, 0) is 36.6 Å². The number of likely N-dealkylation sites (N-methyl/N-ethyl adjacent to an activating group) is 1. The predicted molar refractivity (Wildman–Crippen MR) is 87.7 cm³/mol. The van der Waals surface area contributed by atoms with E-state index in [1.807, 2.05) is 24.1 Å². The first-order valence-electron chi connectivity index (χ1n) is 7.54. The second kappa shape index (κ2) is 6.37. The smallest absolute Gasteiger partial charge is 0.240 e. The number of rotatable bonds is 3. The molecular formula is C17H25ClN2O. The minimum absolute atomic E-state index is 0.0792. The molecule has 1 N–H and O–H groups in total. The molecule has 2 atom stereocenters.